The molecule has 144 valence electrons. The molecule has 2 heterocycles. The summed E-state index contributed by atoms with van der Waals surface area (Å²) in [7, 11) is 0. The molecule has 1 aliphatic rings. The molecule has 27 heavy (non-hydrogen) atoms. The van der Waals surface area contributed by atoms with Gasteiger partial charge in [-0.3, -0.25) is 9.69 Å². The number of nitrogens with zero attached hydrogens (tertiary/aromatic N) is 3. The lowest BCUT2D eigenvalue weighted by atomic mass is 10.1. The molecule has 1 aromatic heterocycles. The highest BCUT2D eigenvalue weighted by Gasteiger charge is 2.10. The predicted octanol–water partition coefficient (Wildman–Crippen LogP) is 1.58. The van der Waals surface area contributed by atoms with E-state index in [9.17, 15) is 4.79 Å². The topological polar surface area (TPSA) is 79.4 Å². The normalized spacial score (nSPS) is 14.7. The van der Waals surface area contributed by atoms with Crippen molar-refractivity contribution in [3.63, 3.8) is 0 Å². The summed E-state index contributed by atoms with van der Waals surface area (Å²) in [5.74, 6) is 0.499. The zero-order chi connectivity index (χ0) is 18.7. The Balaban J connectivity index is 1.34. The van der Waals surface area contributed by atoms with Crippen LogP contribution in [0.1, 0.15) is 22.5 Å². The number of amides is 1. The molecule has 1 aromatic carbocycles. The maximum atomic E-state index is 12.1. The van der Waals surface area contributed by atoms with Crippen molar-refractivity contribution >= 4 is 11.7 Å². The Labute approximate surface area is 160 Å². The Morgan fingerprint density at radius 2 is 1.89 bits per heavy atom. The molecule has 0 aliphatic carbocycles. The van der Waals surface area contributed by atoms with Crippen LogP contribution in [0.2, 0.25) is 0 Å². The Morgan fingerprint density at radius 1 is 1.07 bits per heavy atom. The van der Waals surface area contributed by atoms with Crippen molar-refractivity contribution in [3.8, 4) is 0 Å². The van der Waals surface area contributed by atoms with E-state index in [4.69, 9.17) is 4.74 Å². The number of anilines is 1. The molecular formula is C20H27N5O2. The fourth-order valence-electron chi connectivity index (χ4n) is 2.93. The largest absolute Gasteiger partial charge is 0.379 e. The molecule has 0 atom stereocenters. The molecular weight excluding hydrogens is 342 g/mol. The molecule has 0 unspecified atom stereocenters. The van der Waals surface area contributed by atoms with Crippen LogP contribution in [0, 0.1) is 0 Å². The number of carbonyl (C=O) groups excluding carboxylic acids is 1. The summed E-state index contributed by atoms with van der Waals surface area (Å²) in [5, 5.41) is 6.14. The summed E-state index contributed by atoms with van der Waals surface area (Å²) < 4.78 is 5.34. The second kappa shape index (κ2) is 10.6. The number of aryl methyl sites for hydroxylation is 1. The lowest BCUT2D eigenvalue weighted by Gasteiger charge is -2.26. The van der Waals surface area contributed by atoms with E-state index >= 15 is 0 Å². The van der Waals surface area contributed by atoms with Crippen LogP contribution < -0.4 is 10.6 Å². The fraction of sp³-hybridized carbons (Fsp3) is 0.450. The molecule has 1 aliphatic heterocycles. The first kappa shape index (κ1) is 19.3. The number of hydrogen-bond donors (Lipinski definition) is 2. The highest BCUT2D eigenvalue weighted by Crippen LogP contribution is 2.03. The standard InChI is InChI=1S/C20H27N5O2/c26-20(22-8-4-7-17-5-2-1-3-6-17)18-15-24-19(16-23-18)21-9-10-25-11-13-27-14-12-25/h1-3,5-6,15-16H,4,7-14H2,(H,21,24)(H,22,26). The van der Waals surface area contributed by atoms with Crippen LogP contribution in [0.3, 0.4) is 0 Å². The van der Waals surface area contributed by atoms with Gasteiger partial charge in [0.15, 0.2) is 0 Å². The molecule has 2 N–H and O–H groups in total. The summed E-state index contributed by atoms with van der Waals surface area (Å²) in [5.41, 5.74) is 1.62. The summed E-state index contributed by atoms with van der Waals surface area (Å²) in [4.78, 5) is 23.0. The lowest BCUT2D eigenvalue weighted by molar-refractivity contribution is 0.0398. The van der Waals surface area contributed by atoms with Crippen molar-refractivity contribution in [1.29, 1.82) is 0 Å². The van der Waals surface area contributed by atoms with Crippen molar-refractivity contribution < 1.29 is 9.53 Å². The van der Waals surface area contributed by atoms with Gasteiger partial charge in [-0.2, -0.15) is 0 Å². The van der Waals surface area contributed by atoms with Crippen LogP contribution in [-0.2, 0) is 11.2 Å². The molecule has 0 radical (unpaired) electrons. The van der Waals surface area contributed by atoms with Gasteiger partial charge >= 0.3 is 0 Å². The number of morpholine rings is 1. The van der Waals surface area contributed by atoms with E-state index < -0.39 is 0 Å². The maximum absolute atomic E-state index is 12.1. The average molecular weight is 369 g/mol. The van der Waals surface area contributed by atoms with Crippen LogP contribution in [0.5, 0.6) is 0 Å². The Hall–Kier alpha value is -2.51. The Bertz CT molecular complexity index is 687. The number of ether oxygens (including phenoxy) is 1. The van der Waals surface area contributed by atoms with Gasteiger partial charge in [0.05, 0.1) is 25.6 Å². The molecule has 1 saturated heterocycles. The smallest absolute Gasteiger partial charge is 0.271 e. The minimum absolute atomic E-state index is 0.185. The summed E-state index contributed by atoms with van der Waals surface area (Å²) in [6.07, 6.45) is 4.96. The van der Waals surface area contributed by atoms with E-state index in [0.717, 1.165) is 52.2 Å². The summed E-state index contributed by atoms with van der Waals surface area (Å²) >= 11 is 0. The number of rotatable bonds is 9. The van der Waals surface area contributed by atoms with E-state index in [-0.39, 0.29) is 5.91 Å². The number of aromatic nitrogens is 2. The third-order valence-corrected chi connectivity index (χ3v) is 4.49. The molecule has 0 saturated carbocycles. The number of hydrogen-bond acceptors (Lipinski definition) is 6. The molecule has 1 amide bonds. The zero-order valence-corrected chi connectivity index (χ0v) is 15.6. The van der Waals surface area contributed by atoms with Crippen molar-refractivity contribution in [1.82, 2.24) is 20.2 Å². The monoisotopic (exact) mass is 369 g/mol. The van der Waals surface area contributed by atoms with E-state index in [1.165, 1.54) is 11.8 Å². The zero-order valence-electron chi connectivity index (χ0n) is 15.6. The number of carbonyl (C=O) groups is 1. The van der Waals surface area contributed by atoms with Gasteiger partial charge in [-0.15, -0.1) is 0 Å². The fourth-order valence-corrected chi connectivity index (χ4v) is 2.93. The Kier molecular flexibility index (Phi) is 7.56. The van der Waals surface area contributed by atoms with Gasteiger partial charge in [-0.05, 0) is 18.4 Å². The summed E-state index contributed by atoms with van der Waals surface area (Å²) in [6, 6.07) is 10.3. The minimum Gasteiger partial charge on any atom is -0.379 e. The Morgan fingerprint density at radius 3 is 2.63 bits per heavy atom. The van der Waals surface area contributed by atoms with Crippen LogP contribution in [0.4, 0.5) is 5.82 Å². The molecule has 2 aromatic rings. The first-order valence-electron chi connectivity index (χ1n) is 9.49. The first-order valence-corrected chi connectivity index (χ1v) is 9.49. The number of nitrogens with one attached hydrogen (secondary N) is 2. The molecule has 0 spiro atoms. The average Bonchev–Trinajstić information content (AvgIpc) is 2.73. The highest BCUT2D eigenvalue weighted by atomic mass is 16.5. The third kappa shape index (κ3) is 6.62. The van der Waals surface area contributed by atoms with Crippen molar-refractivity contribution in [2.45, 2.75) is 12.8 Å². The SMILES string of the molecule is O=C(NCCCc1ccccc1)c1cnc(NCCN2CCOCC2)cn1. The molecule has 3 rings (SSSR count). The molecule has 7 nitrogen and oxygen atoms in total. The van der Waals surface area contributed by atoms with Crippen molar-refractivity contribution in [3.05, 3.63) is 54.0 Å². The van der Waals surface area contributed by atoms with E-state index in [2.05, 4.69) is 37.6 Å². The van der Waals surface area contributed by atoms with E-state index in [1.54, 1.807) is 6.20 Å². The van der Waals surface area contributed by atoms with Crippen LogP contribution in [-0.4, -0.2) is 66.7 Å². The first-order chi connectivity index (χ1) is 13.3. The molecule has 7 heteroatoms. The maximum Gasteiger partial charge on any atom is 0.271 e. The van der Waals surface area contributed by atoms with Gasteiger partial charge in [-0.1, -0.05) is 30.3 Å². The van der Waals surface area contributed by atoms with Gasteiger partial charge < -0.3 is 15.4 Å². The van der Waals surface area contributed by atoms with Gasteiger partial charge in [-0.25, -0.2) is 9.97 Å². The van der Waals surface area contributed by atoms with Gasteiger partial charge in [0.25, 0.3) is 5.91 Å². The van der Waals surface area contributed by atoms with E-state index in [0.29, 0.717) is 18.1 Å². The van der Waals surface area contributed by atoms with E-state index in [1.807, 2.05) is 18.2 Å². The van der Waals surface area contributed by atoms with Gasteiger partial charge in [0.1, 0.15) is 11.5 Å². The van der Waals surface area contributed by atoms with Gasteiger partial charge in [0, 0.05) is 32.7 Å². The summed E-state index contributed by atoms with van der Waals surface area (Å²) in [6.45, 7) is 5.89. The van der Waals surface area contributed by atoms with Crippen molar-refractivity contribution in [2.75, 3.05) is 51.3 Å². The predicted molar refractivity (Wildman–Crippen MR) is 105 cm³/mol. The van der Waals surface area contributed by atoms with Crippen molar-refractivity contribution in [2.24, 2.45) is 0 Å². The molecule has 0 bridgehead atoms. The number of benzene rings is 1. The minimum atomic E-state index is -0.185. The van der Waals surface area contributed by atoms with Gasteiger partial charge in [0.2, 0.25) is 0 Å². The van der Waals surface area contributed by atoms with Crippen LogP contribution in [0.25, 0.3) is 0 Å². The lowest BCUT2D eigenvalue weighted by Crippen LogP contribution is -2.39. The third-order valence-electron chi connectivity index (χ3n) is 4.49. The highest BCUT2D eigenvalue weighted by molar-refractivity contribution is 5.91. The van der Waals surface area contributed by atoms with Crippen LogP contribution in [0.15, 0.2) is 42.7 Å². The van der Waals surface area contributed by atoms with Crippen LogP contribution >= 0.6 is 0 Å². The second-order valence-electron chi connectivity index (χ2n) is 6.51. The molecule has 1 fully saturated rings. The quantitative estimate of drug-likeness (QED) is 0.654. The second-order valence-corrected chi connectivity index (χ2v) is 6.51.